The smallest absolute Gasteiger partial charge is 0.325 e. The molecule has 0 aliphatic heterocycles. The minimum Gasteiger partial charge on any atom is -0.487 e. The molecule has 2 N–H and O–H groups in total. The molecule has 0 amide bonds. The molecular formula is C13H15F4NO3. The van der Waals surface area contributed by atoms with Crippen molar-refractivity contribution >= 4 is 5.97 Å². The van der Waals surface area contributed by atoms with Crippen LogP contribution >= 0.6 is 0 Å². The van der Waals surface area contributed by atoms with Crippen molar-refractivity contribution in [2.24, 2.45) is 5.73 Å². The summed E-state index contributed by atoms with van der Waals surface area (Å²) in [6.45, 7) is 2.62. The lowest BCUT2D eigenvalue weighted by Gasteiger charge is -2.22. The van der Waals surface area contributed by atoms with E-state index < -0.39 is 47.1 Å². The highest BCUT2D eigenvalue weighted by Gasteiger charge is 2.30. The molecule has 1 unspecified atom stereocenters. The Bertz CT molecular complexity index is 508. The monoisotopic (exact) mass is 309 g/mol. The molecule has 0 aliphatic rings. The van der Waals surface area contributed by atoms with E-state index in [1.165, 1.54) is 6.92 Å². The highest BCUT2D eigenvalue weighted by molar-refractivity contribution is 5.79. The molecule has 1 aromatic rings. The SMILES string of the molecule is CCOC(=O)C(C)(N)CCOc1c(F)c(F)cc(F)c1F. The third kappa shape index (κ3) is 4.07. The van der Waals surface area contributed by atoms with Crippen molar-refractivity contribution in [3.8, 4) is 5.75 Å². The molecule has 0 saturated heterocycles. The molecule has 0 spiro atoms. The average molecular weight is 309 g/mol. The Balaban J connectivity index is 2.75. The highest BCUT2D eigenvalue weighted by atomic mass is 19.2. The van der Waals surface area contributed by atoms with E-state index in [-0.39, 0.29) is 19.1 Å². The molecule has 118 valence electrons. The third-order valence-corrected chi connectivity index (χ3v) is 2.68. The summed E-state index contributed by atoms with van der Waals surface area (Å²) in [6.07, 6.45) is -0.164. The summed E-state index contributed by atoms with van der Waals surface area (Å²) in [5.74, 6) is -8.37. The first-order valence-corrected chi connectivity index (χ1v) is 6.12. The molecule has 0 aliphatic carbocycles. The Labute approximate surface area is 118 Å². The van der Waals surface area contributed by atoms with E-state index in [1.54, 1.807) is 6.92 Å². The molecule has 8 heteroatoms. The fourth-order valence-corrected chi connectivity index (χ4v) is 1.44. The van der Waals surface area contributed by atoms with E-state index in [1.807, 2.05) is 0 Å². The van der Waals surface area contributed by atoms with Crippen molar-refractivity contribution in [1.82, 2.24) is 0 Å². The molecule has 0 saturated carbocycles. The maximum atomic E-state index is 13.3. The summed E-state index contributed by atoms with van der Waals surface area (Å²) in [5, 5.41) is 0. The summed E-state index contributed by atoms with van der Waals surface area (Å²) in [7, 11) is 0. The van der Waals surface area contributed by atoms with E-state index in [9.17, 15) is 22.4 Å². The number of benzene rings is 1. The normalized spacial score (nSPS) is 13.7. The first-order valence-electron chi connectivity index (χ1n) is 6.12. The Morgan fingerprint density at radius 3 is 2.24 bits per heavy atom. The second-order valence-corrected chi connectivity index (χ2v) is 4.53. The van der Waals surface area contributed by atoms with Crippen molar-refractivity contribution in [3.05, 3.63) is 29.3 Å². The van der Waals surface area contributed by atoms with Gasteiger partial charge in [0, 0.05) is 12.5 Å². The molecular weight excluding hydrogens is 294 g/mol. The van der Waals surface area contributed by atoms with Gasteiger partial charge in [-0.1, -0.05) is 0 Å². The maximum Gasteiger partial charge on any atom is 0.325 e. The van der Waals surface area contributed by atoms with Crippen LogP contribution in [0.1, 0.15) is 20.3 Å². The molecule has 0 radical (unpaired) electrons. The molecule has 0 aromatic heterocycles. The third-order valence-electron chi connectivity index (χ3n) is 2.68. The maximum absolute atomic E-state index is 13.3. The molecule has 1 aromatic carbocycles. The van der Waals surface area contributed by atoms with Gasteiger partial charge in [0.25, 0.3) is 0 Å². The van der Waals surface area contributed by atoms with E-state index in [4.69, 9.17) is 10.5 Å². The Morgan fingerprint density at radius 2 is 1.76 bits per heavy atom. The zero-order valence-electron chi connectivity index (χ0n) is 11.5. The molecule has 0 heterocycles. The van der Waals surface area contributed by atoms with Gasteiger partial charge in [-0.2, -0.15) is 8.78 Å². The second kappa shape index (κ2) is 6.75. The predicted molar refractivity (Wildman–Crippen MR) is 65.6 cm³/mol. The first-order chi connectivity index (χ1) is 9.70. The van der Waals surface area contributed by atoms with E-state index >= 15 is 0 Å². The van der Waals surface area contributed by atoms with Gasteiger partial charge in [0.2, 0.25) is 11.6 Å². The number of hydrogen-bond donors (Lipinski definition) is 1. The number of carbonyl (C=O) groups is 1. The highest BCUT2D eigenvalue weighted by Crippen LogP contribution is 2.26. The van der Waals surface area contributed by atoms with Crippen LogP contribution in [0.5, 0.6) is 5.75 Å². The summed E-state index contributed by atoms with van der Waals surface area (Å²) >= 11 is 0. The standard InChI is InChI=1S/C13H15F4NO3/c1-3-20-12(19)13(2,18)4-5-21-11-9(16)7(14)6-8(15)10(11)17/h6H,3-5,18H2,1-2H3. The molecule has 1 atom stereocenters. The number of nitrogens with two attached hydrogens (primary N) is 1. The number of esters is 1. The zero-order valence-corrected chi connectivity index (χ0v) is 11.5. The van der Waals surface area contributed by atoms with Gasteiger partial charge in [-0.15, -0.1) is 0 Å². The summed E-state index contributed by atoms with van der Waals surface area (Å²) < 4.78 is 61.9. The number of ether oxygens (including phenoxy) is 2. The summed E-state index contributed by atoms with van der Waals surface area (Å²) in [6, 6.07) is 0.0726. The lowest BCUT2D eigenvalue weighted by Crippen LogP contribution is -2.47. The fourth-order valence-electron chi connectivity index (χ4n) is 1.44. The lowest BCUT2D eigenvalue weighted by atomic mass is 10.0. The Morgan fingerprint density at radius 1 is 1.24 bits per heavy atom. The van der Waals surface area contributed by atoms with Crippen molar-refractivity contribution in [1.29, 1.82) is 0 Å². The second-order valence-electron chi connectivity index (χ2n) is 4.53. The summed E-state index contributed by atoms with van der Waals surface area (Å²) in [4.78, 5) is 11.5. The van der Waals surface area contributed by atoms with Crippen LogP contribution in [-0.4, -0.2) is 24.7 Å². The largest absolute Gasteiger partial charge is 0.487 e. The lowest BCUT2D eigenvalue weighted by molar-refractivity contribution is -0.149. The van der Waals surface area contributed by atoms with Crippen molar-refractivity contribution in [2.45, 2.75) is 25.8 Å². The first kappa shape index (κ1) is 17.2. The number of rotatable bonds is 6. The number of carbonyl (C=O) groups excluding carboxylic acids is 1. The zero-order chi connectivity index (χ0) is 16.2. The predicted octanol–water partition coefficient (Wildman–Crippen LogP) is 2.29. The molecule has 0 bridgehead atoms. The van der Waals surface area contributed by atoms with Crippen LogP contribution in [0.3, 0.4) is 0 Å². The van der Waals surface area contributed by atoms with E-state index in [0.29, 0.717) is 0 Å². The van der Waals surface area contributed by atoms with Gasteiger partial charge in [-0.05, 0) is 13.8 Å². The van der Waals surface area contributed by atoms with Gasteiger partial charge in [0.1, 0.15) is 5.54 Å². The molecule has 4 nitrogen and oxygen atoms in total. The van der Waals surface area contributed by atoms with Gasteiger partial charge in [-0.25, -0.2) is 8.78 Å². The van der Waals surface area contributed by atoms with Crippen molar-refractivity contribution in [3.63, 3.8) is 0 Å². The van der Waals surface area contributed by atoms with Gasteiger partial charge in [0.05, 0.1) is 13.2 Å². The van der Waals surface area contributed by atoms with Crippen LogP contribution in [0.15, 0.2) is 6.07 Å². The van der Waals surface area contributed by atoms with Crippen LogP contribution in [0.4, 0.5) is 17.6 Å². The molecule has 21 heavy (non-hydrogen) atoms. The van der Waals surface area contributed by atoms with Crippen LogP contribution < -0.4 is 10.5 Å². The topological polar surface area (TPSA) is 61.5 Å². The van der Waals surface area contributed by atoms with Crippen molar-refractivity contribution in [2.75, 3.05) is 13.2 Å². The van der Waals surface area contributed by atoms with Crippen LogP contribution in [-0.2, 0) is 9.53 Å². The fraction of sp³-hybridized carbons (Fsp3) is 0.462. The van der Waals surface area contributed by atoms with Crippen molar-refractivity contribution < 1.29 is 31.8 Å². The minimum absolute atomic E-state index is 0.0726. The Kier molecular flexibility index (Phi) is 5.54. The number of hydrogen-bond acceptors (Lipinski definition) is 4. The molecule has 1 rings (SSSR count). The minimum atomic E-state index is -1.65. The van der Waals surface area contributed by atoms with Gasteiger partial charge < -0.3 is 15.2 Å². The Hall–Kier alpha value is -1.83. The average Bonchev–Trinajstić information content (AvgIpc) is 2.40. The number of halogens is 4. The van der Waals surface area contributed by atoms with Crippen LogP contribution in [0, 0.1) is 23.3 Å². The molecule has 0 fully saturated rings. The van der Waals surface area contributed by atoms with Gasteiger partial charge in [0.15, 0.2) is 17.4 Å². The van der Waals surface area contributed by atoms with E-state index in [0.717, 1.165) is 0 Å². The van der Waals surface area contributed by atoms with Crippen LogP contribution in [0.2, 0.25) is 0 Å². The van der Waals surface area contributed by atoms with Gasteiger partial charge >= 0.3 is 5.97 Å². The van der Waals surface area contributed by atoms with Crippen LogP contribution in [0.25, 0.3) is 0 Å². The van der Waals surface area contributed by atoms with E-state index in [2.05, 4.69) is 4.74 Å². The quantitative estimate of drug-likeness (QED) is 0.497. The summed E-state index contributed by atoms with van der Waals surface area (Å²) in [5.41, 5.74) is 4.21. The van der Waals surface area contributed by atoms with Gasteiger partial charge in [-0.3, -0.25) is 4.79 Å².